The molecule has 0 saturated carbocycles. The van der Waals surface area contributed by atoms with Crippen LogP contribution in [0, 0.1) is 17.0 Å². The number of fused-ring (bicyclic) bond motifs is 1. The second kappa shape index (κ2) is 7.90. The lowest BCUT2D eigenvalue weighted by molar-refractivity contribution is -0.384. The smallest absolute Gasteiger partial charge is 0.269 e. The molecule has 1 heterocycles. The molecule has 0 atom stereocenters. The van der Waals surface area contributed by atoms with Crippen molar-refractivity contribution in [2.24, 2.45) is 4.99 Å². The van der Waals surface area contributed by atoms with Crippen molar-refractivity contribution in [2.45, 2.75) is 6.92 Å². The van der Waals surface area contributed by atoms with Crippen molar-refractivity contribution in [1.29, 1.82) is 0 Å². The van der Waals surface area contributed by atoms with Gasteiger partial charge in [0.2, 0.25) is 5.89 Å². The number of non-ortho nitro benzene ring substituents is 1. The zero-order valence-corrected chi connectivity index (χ0v) is 15.6. The molecule has 0 radical (unpaired) electrons. The van der Waals surface area contributed by atoms with E-state index in [1.54, 1.807) is 24.4 Å². The van der Waals surface area contributed by atoms with E-state index in [0.29, 0.717) is 5.89 Å². The Morgan fingerprint density at radius 3 is 2.62 bits per heavy atom. The first-order valence-corrected chi connectivity index (χ1v) is 9.02. The number of nitro benzene ring substituents is 1. The van der Waals surface area contributed by atoms with Gasteiger partial charge in [-0.15, -0.1) is 0 Å². The third-order valence-corrected chi connectivity index (χ3v) is 4.42. The fourth-order valence-corrected chi connectivity index (χ4v) is 2.92. The quantitative estimate of drug-likeness (QED) is 0.236. The van der Waals surface area contributed by atoms with E-state index in [4.69, 9.17) is 4.42 Å². The molecule has 4 aromatic rings. The van der Waals surface area contributed by atoms with Crippen molar-refractivity contribution in [2.75, 3.05) is 0 Å². The van der Waals surface area contributed by atoms with Gasteiger partial charge in [-0.05, 0) is 60.5 Å². The maximum Gasteiger partial charge on any atom is 0.269 e. The summed E-state index contributed by atoms with van der Waals surface area (Å²) in [7, 11) is 0. The zero-order valence-electron chi connectivity index (χ0n) is 15.6. The van der Waals surface area contributed by atoms with Gasteiger partial charge in [0.15, 0.2) is 5.58 Å². The molecule has 0 spiro atoms. The van der Waals surface area contributed by atoms with Crippen molar-refractivity contribution < 1.29 is 9.34 Å². The van der Waals surface area contributed by atoms with Crippen molar-refractivity contribution in [3.05, 3.63) is 94.0 Å². The minimum Gasteiger partial charge on any atom is -0.436 e. The van der Waals surface area contributed by atoms with Crippen LogP contribution in [0.15, 0.2) is 82.2 Å². The SMILES string of the molecule is Cc1cccc2oc(-c3cccc(N=CC=Cc4ccc([N+](=O)[O-])cc4)c3)nc12. The van der Waals surface area contributed by atoms with Crippen LogP contribution in [0.4, 0.5) is 11.4 Å². The number of aryl methyl sites for hydroxylation is 1. The van der Waals surface area contributed by atoms with Crippen LogP contribution in [-0.4, -0.2) is 16.1 Å². The number of nitrogens with zero attached hydrogens (tertiary/aromatic N) is 3. The highest BCUT2D eigenvalue weighted by molar-refractivity contribution is 5.82. The van der Waals surface area contributed by atoms with Crippen LogP contribution in [0.3, 0.4) is 0 Å². The van der Waals surface area contributed by atoms with Crippen molar-refractivity contribution in [1.82, 2.24) is 4.98 Å². The van der Waals surface area contributed by atoms with Crippen LogP contribution in [0.1, 0.15) is 11.1 Å². The number of aliphatic imine (C=N–C) groups is 1. The lowest BCUT2D eigenvalue weighted by Crippen LogP contribution is -1.86. The fraction of sp³-hybridized carbons (Fsp3) is 0.0435. The van der Waals surface area contributed by atoms with Gasteiger partial charge in [0.05, 0.1) is 10.6 Å². The van der Waals surface area contributed by atoms with Crippen LogP contribution in [0.2, 0.25) is 0 Å². The molecule has 6 heteroatoms. The molecule has 0 aliphatic carbocycles. The molecular weight excluding hydrogens is 366 g/mol. The van der Waals surface area contributed by atoms with Crippen molar-refractivity contribution in [3.8, 4) is 11.5 Å². The summed E-state index contributed by atoms with van der Waals surface area (Å²) in [4.78, 5) is 19.3. The van der Waals surface area contributed by atoms with Gasteiger partial charge in [-0.2, -0.15) is 0 Å². The minimum atomic E-state index is -0.417. The number of rotatable bonds is 5. The van der Waals surface area contributed by atoms with Crippen LogP contribution in [0.25, 0.3) is 28.6 Å². The molecule has 0 aliphatic heterocycles. The Kier molecular flexibility index (Phi) is 4.99. The molecule has 0 N–H and O–H groups in total. The summed E-state index contributed by atoms with van der Waals surface area (Å²) < 4.78 is 5.87. The number of aromatic nitrogens is 1. The summed E-state index contributed by atoms with van der Waals surface area (Å²) in [5, 5.41) is 10.7. The first-order valence-electron chi connectivity index (χ1n) is 9.02. The van der Waals surface area contributed by atoms with E-state index in [0.717, 1.165) is 33.5 Å². The number of allylic oxidation sites excluding steroid dienone is 1. The summed E-state index contributed by atoms with van der Waals surface area (Å²) >= 11 is 0. The monoisotopic (exact) mass is 383 g/mol. The molecule has 0 unspecified atom stereocenters. The largest absolute Gasteiger partial charge is 0.436 e. The molecule has 0 aliphatic rings. The number of benzene rings is 3. The summed E-state index contributed by atoms with van der Waals surface area (Å²) in [6.45, 7) is 2.01. The molecule has 3 aromatic carbocycles. The Bertz CT molecular complexity index is 1240. The summed E-state index contributed by atoms with van der Waals surface area (Å²) in [5.74, 6) is 0.563. The first kappa shape index (κ1) is 18.3. The average Bonchev–Trinajstić information content (AvgIpc) is 3.18. The average molecular weight is 383 g/mol. The molecule has 0 amide bonds. The topological polar surface area (TPSA) is 81.5 Å². The van der Waals surface area contributed by atoms with Gasteiger partial charge in [-0.1, -0.05) is 24.3 Å². The Labute approximate surface area is 167 Å². The lowest BCUT2D eigenvalue weighted by atomic mass is 10.2. The van der Waals surface area contributed by atoms with E-state index in [9.17, 15) is 10.1 Å². The Balaban J connectivity index is 1.51. The highest BCUT2D eigenvalue weighted by atomic mass is 16.6. The minimum absolute atomic E-state index is 0.0713. The second-order valence-electron chi connectivity index (χ2n) is 6.48. The van der Waals surface area contributed by atoms with E-state index in [1.807, 2.05) is 55.5 Å². The Morgan fingerprint density at radius 1 is 1.07 bits per heavy atom. The standard InChI is InChI=1S/C23H17N3O3/c1-16-5-2-9-21-22(16)25-23(29-21)18-7-3-8-19(15-18)24-14-4-6-17-10-12-20(13-11-17)26(27)28/h2-15H,1H3. The molecule has 0 saturated heterocycles. The second-order valence-corrected chi connectivity index (χ2v) is 6.48. The fourth-order valence-electron chi connectivity index (χ4n) is 2.92. The van der Waals surface area contributed by atoms with Gasteiger partial charge < -0.3 is 4.42 Å². The third-order valence-electron chi connectivity index (χ3n) is 4.42. The van der Waals surface area contributed by atoms with Crippen LogP contribution >= 0.6 is 0 Å². The van der Waals surface area contributed by atoms with E-state index >= 15 is 0 Å². The maximum absolute atomic E-state index is 10.7. The summed E-state index contributed by atoms with van der Waals surface area (Å²) in [6, 6.07) is 19.8. The van der Waals surface area contributed by atoms with Crippen LogP contribution in [0.5, 0.6) is 0 Å². The Hall–Kier alpha value is -4.06. The molecule has 6 nitrogen and oxygen atoms in total. The molecule has 4 rings (SSSR count). The van der Waals surface area contributed by atoms with Gasteiger partial charge in [0.1, 0.15) is 5.52 Å². The maximum atomic E-state index is 10.7. The highest BCUT2D eigenvalue weighted by Gasteiger charge is 2.09. The predicted molar refractivity (Wildman–Crippen MR) is 114 cm³/mol. The van der Waals surface area contributed by atoms with E-state index in [2.05, 4.69) is 9.98 Å². The Morgan fingerprint density at radius 2 is 1.86 bits per heavy atom. The number of hydrogen-bond donors (Lipinski definition) is 0. The first-order chi connectivity index (χ1) is 14.1. The number of oxazole rings is 1. The molecule has 0 bridgehead atoms. The van der Waals surface area contributed by atoms with Crippen molar-refractivity contribution in [3.63, 3.8) is 0 Å². The van der Waals surface area contributed by atoms with Gasteiger partial charge in [-0.25, -0.2) is 4.98 Å². The third kappa shape index (κ3) is 4.11. The van der Waals surface area contributed by atoms with E-state index < -0.39 is 4.92 Å². The lowest BCUT2D eigenvalue weighted by Gasteiger charge is -1.97. The predicted octanol–water partition coefficient (Wildman–Crippen LogP) is 6.13. The van der Waals surface area contributed by atoms with Crippen LogP contribution in [-0.2, 0) is 0 Å². The van der Waals surface area contributed by atoms with Crippen molar-refractivity contribution >= 4 is 34.8 Å². The number of para-hydroxylation sites is 1. The van der Waals surface area contributed by atoms with E-state index in [-0.39, 0.29) is 5.69 Å². The van der Waals surface area contributed by atoms with Gasteiger partial charge in [0.25, 0.3) is 5.69 Å². The van der Waals surface area contributed by atoms with Gasteiger partial charge in [-0.3, -0.25) is 15.1 Å². The molecule has 29 heavy (non-hydrogen) atoms. The summed E-state index contributed by atoms with van der Waals surface area (Å²) in [6.07, 6.45) is 5.30. The molecule has 0 fully saturated rings. The number of hydrogen-bond acceptors (Lipinski definition) is 5. The van der Waals surface area contributed by atoms with E-state index in [1.165, 1.54) is 12.1 Å². The molecule has 1 aromatic heterocycles. The van der Waals surface area contributed by atoms with Gasteiger partial charge in [0, 0.05) is 23.9 Å². The summed E-state index contributed by atoms with van der Waals surface area (Å²) in [5.41, 5.74) is 5.26. The molecular formula is C23H17N3O3. The zero-order chi connectivity index (χ0) is 20.2. The van der Waals surface area contributed by atoms with Gasteiger partial charge >= 0.3 is 0 Å². The highest BCUT2D eigenvalue weighted by Crippen LogP contribution is 2.28. The normalized spacial score (nSPS) is 11.6. The molecule has 142 valence electrons. The van der Waals surface area contributed by atoms with Crippen LogP contribution < -0.4 is 0 Å². The number of nitro groups is 1.